The van der Waals surface area contributed by atoms with Gasteiger partial charge in [-0.15, -0.1) is 5.10 Å². The maximum Gasteiger partial charge on any atom is 0.410 e. The van der Waals surface area contributed by atoms with Crippen molar-refractivity contribution in [2.75, 3.05) is 18.4 Å². The molecule has 104 valence electrons. The molecule has 6 heteroatoms. The number of nitrogens with zero attached hydrogens (tertiary/aromatic N) is 3. The zero-order valence-corrected chi connectivity index (χ0v) is 11.6. The van der Waals surface area contributed by atoms with Crippen LogP contribution >= 0.6 is 0 Å². The maximum atomic E-state index is 11.9. The molecule has 0 spiro atoms. The molecule has 0 saturated carbocycles. The first kappa shape index (κ1) is 13.6. The van der Waals surface area contributed by atoms with Crippen LogP contribution in [0.15, 0.2) is 18.3 Å². The molecule has 1 aromatic heterocycles. The first-order chi connectivity index (χ1) is 8.94. The van der Waals surface area contributed by atoms with Crippen molar-refractivity contribution in [1.29, 1.82) is 0 Å². The number of amides is 1. The number of anilines is 1. The van der Waals surface area contributed by atoms with E-state index in [1.54, 1.807) is 11.1 Å². The van der Waals surface area contributed by atoms with Gasteiger partial charge in [-0.05, 0) is 39.3 Å². The van der Waals surface area contributed by atoms with Crippen LogP contribution in [0.2, 0.25) is 0 Å². The van der Waals surface area contributed by atoms with E-state index in [-0.39, 0.29) is 12.1 Å². The number of hydrogen-bond donors (Lipinski definition) is 1. The second-order valence-corrected chi connectivity index (χ2v) is 5.67. The molecule has 1 aliphatic heterocycles. The number of aromatic nitrogens is 2. The Balaban J connectivity index is 1.85. The molecular weight excluding hydrogens is 244 g/mol. The van der Waals surface area contributed by atoms with Crippen molar-refractivity contribution < 1.29 is 9.53 Å². The lowest BCUT2D eigenvalue weighted by molar-refractivity contribution is 0.0293. The zero-order chi connectivity index (χ0) is 13.9. The molecule has 0 bridgehead atoms. The molecule has 1 amide bonds. The fourth-order valence-electron chi connectivity index (χ4n) is 1.96. The van der Waals surface area contributed by atoms with Crippen LogP contribution in [0.3, 0.4) is 0 Å². The number of likely N-dealkylation sites (tertiary alicyclic amines) is 1. The lowest BCUT2D eigenvalue weighted by atomic mass is 10.2. The predicted molar refractivity (Wildman–Crippen MR) is 71.9 cm³/mol. The summed E-state index contributed by atoms with van der Waals surface area (Å²) in [5.41, 5.74) is -0.451. The summed E-state index contributed by atoms with van der Waals surface area (Å²) in [4.78, 5) is 13.6. The topological polar surface area (TPSA) is 67.3 Å². The highest BCUT2D eigenvalue weighted by molar-refractivity contribution is 5.68. The van der Waals surface area contributed by atoms with Gasteiger partial charge in [-0.25, -0.2) is 4.79 Å². The van der Waals surface area contributed by atoms with Gasteiger partial charge in [-0.3, -0.25) is 0 Å². The van der Waals surface area contributed by atoms with E-state index in [4.69, 9.17) is 4.74 Å². The van der Waals surface area contributed by atoms with E-state index in [9.17, 15) is 4.79 Å². The highest BCUT2D eigenvalue weighted by Gasteiger charge is 2.29. The number of nitrogens with one attached hydrogen (secondary N) is 1. The van der Waals surface area contributed by atoms with Gasteiger partial charge in [0.05, 0.1) is 0 Å². The van der Waals surface area contributed by atoms with Gasteiger partial charge in [0, 0.05) is 25.3 Å². The predicted octanol–water partition coefficient (Wildman–Crippen LogP) is 1.90. The van der Waals surface area contributed by atoms with E-state index < -0.39 is 5.60 Å². The van der Waals surface area contributed by atoms with Crippen LogP contribution in [0.5, 0.6) is 0 Å². The van der Waals surface area contributed by atoms with Crippen LogP contribution in [-0.2, 0) is 4.74 Å². The number of rotatable bonds is 2. The van der Waals surface area contributed by atoms with Crippen molar-refractivity contribution in [1.82, 2.24) is 15.1 Å². The van der Waals surface area contributed by atoms with Crippen molar-refractivity contribution in [2.45, 2.75) is 38.8 Å². The van der Waals surface area contributed by atoms with Gasteiger partial charge in [0.25, 0.3) is 0 Å². The molecule has 2 rings (SSSR count). The van der Waals surface area contributed by atoms with Gasteiger partial charge in [-0.2, -0.15) is 5.10 Å². The molecule has 0 unspecified atom stereocenters. The Kier molecular flexibility index (Phi) is 3.87. The number of carbonyl (C=O) groups is 1. The lowest BCUT2D eigenvalue weighted by Gasteiger charge is -2.24. The SMILES string of the molecule is CC(C)(C)OC(=O)N1CC[C@H](Nc2cccnn2)C1. The largest absolute Gasteiger partial charge is 0.444 e. The summed E-state index contributed by atoms with van der Waals surface area (Å²) in [5, 5.41) is 11.1. The Morgan fingerprint density at radius 2 is 2.32 bits per heavy atom. The van der Waals surface area contributed by atoms with Gasteiger partial charge in [0.2, 0.25) is 0 Å². The monoisotopic (exact) mass is 264 g/mol. The first-order valence-corrected chi connectivity index (χ1v) is 6.46. The van der Waals surface area contributed by atoms with E-state index in [1.807, 2.05) is 32.9 Å². The second-order valence-electron chi connectivity index (χ2n) is 5.67. The molecule has 19 heavy (non-hydrogen) atoms. The lowest BCUT2D eigenvalue weighted by Crippen LogP contribution is -2.36. The van der Waals surface area contributed by atoms with Gasteiger partial charge in [0.1, 0.15) is 11.4 Å². The van der Waals surface area contributed by atoms with E-state index in [2.05, 4.69) is 15.5 Å². The Labute approximate surface area is 113 Å². The summed E-state index contributed by atoms with van der Waals surface area (Å²) in [6, 6.07) is 3.89. The highest BCUT2D eigenvalue weighted by atomic mass is 16.6. The molecule has 6 nitrogen and oxygen atoms in total. The Morgan fingerprint density at radius 1 is 1.53 bits per heavy atom. The number of carbonyl (C=O) groups excluding carboxylic acids is 1. The zero-order valence-electron chi connectivity index (χ0n) is 11.6. The summed E-state index contributed by atoms with van der Waals surface area (Å²) in [7, 11) is 0. The first-order valence-electron chi connectivity index (χ1n) is 6.46. The highest BCUT2D eigenvalue weighted by Crippen LogP contribution is 2.17. The van der Waals surface area contributed by atoms with E-state index in [1.165, 1.54) is 0 Å². The van der Waals surface area contributed by atoms with Crippen molar-refractivity contribution in [3.05, 3.63) is 18.3 Å². The van der Waals surface area contributed by atoms with Crippen LogP contribution < -0.4 is 5.32 Å². The summed E-state index contributed by atoms with van der Waals surface area (Å²) < 4.78 is 5.35. The standard InChI is InChI=1S/C13H20N4O2/c1-13(2,3)19-12(18)17-8-6-10(9-17)15-11-5-4-7-14-16-11/h4-5,7,10H,6,8-9H2,1-3H3,(H,15,16)/t10-/m0/s1. The molecule has 1 N–H and O–H groups in total. The Morgan fingerprint density at radius 3 is 2.95 bits per heavy atom. The molecule has 2 heterocycles. The van der Waals surface area contributed by atoms with Gasteiger partial charge < -0.3 is 15.0 Å². The minimum Gasteiger partial charge on any atom is -0.444 e. The van der Waals surface area contributed by atoms with Crippen molar-refractivity contribution in [3.8, 4) is 0 Å². The summed E-state index contributed by atoms with van der Waals surface area (Å²) >= 11 is 0. The van der Waals surface area contributed by atoms with Crippen molar-refractivity contribution >= 4 is 11.9 Å². The number of hydrogen-bond acceptors (Lipinski definition) is 5. The normalized spacial score (nSPS) is 19.3. The summed E-state index contributed by atoms with van der Waals surface area (Å²) in [6.07, 6.45) is 2.26. The van der Waals surface area contributed by atoms with Gasteiger partial charge >= 0.3 is 6.09 Å². The number of ether oxygens (including phenoxy) is 1. The molecule has 1 fully saturated rings. The molecule has 0 radical (unpaired) electrons. The third-order valence-corrected chi connectivity index (χ3v) is 2.76. The molecular formula is C13H20N4O2. The fourth-order valence-corrected chi connectivity index (χ4v) is 1.96. The van der Waals surface area contributed by atoms with Crippen LogP contribution in [0, 0.1) is 0 Å². The molecule has 0 aromatic carbocycles. The van der Waals surface area contributed by atoms with Gasteiger partial charge in [-0.1, -0.05) is 0 Å². The smallest absolute Gasteiger partial charge is 0.410 e. The van der Waals surface area contributed by atoms with Crippen LogP contribution in [0.25, 0.3) is 0 Å². The van der Waals surface area contributed by atoms with Crippen LogP contribution in [-0.4, -0.2) is 45.9 Å². The van der Waals surface area contributed by atoms with Crippen LogP contribution in [0.1, 0.15) is 27.2 Å². The average Bonchev–Trinajstić information content (AvgIpc) is 2.77. The van der Waals surface area contributed by atoms with Crippen molar-refractivity contribution in [3.63, 3.8) is 0 Å². The molecule has 0 aliphatic carbocycles. The Bertz CT molecular complexity index is 430. The summed E-state index contributed by atoms with van der Waals surface area (Å²) in [5.74, 6) is 0.735. The molecule has 1 aliphatic rings. The molecule has 1 saturated heterocycles. The van der Waals surface area contributed by atoms with E-state index in [0.29, 0.717) is 13.1 Å². The van der Waals surface area contributed by atoms with Gasteiger partial charge in [0.15, 0.2) is 0 Å². The van der Waals surface area contributed by atoms with Crippen LogP contribution in [0.4, 0.5) is 10.6 Å². The minimum atomic E-state index is -0.451. The fraction of sp³-hybridized carbons (Fsp3) is 0.615. The molecule has 1 atom stereocenters. The average molecular weight is 264 g/mol. The minimum absolute atomic E-state index is 0.198. The quantitative estimate of drug-likeness (QED) is 0.883. The second kappa shape index (κ2) is 5.42. The summed E-state index contributed by atoms with van der Waals surface area (Å²) in [6.45, 7) is 6.95. The van der Waals surface area contributed by atoms with Crippen molar-refractivity contribution in [2.24, 2.45) is 0 Å². The maximum absolute atomic E-state index is 11.9. The third-order valence-electron chi connectivity index (χ3n) is 2.76. The third kappa shape index (κ3) is 4.08. The Hall–Kier alpha value is -1.85. The van der Waals surface area contributed by atoms with E-state index >= 15 is 0 Å². The van der Waals surface area contributed by atoms with E-state index in [0.717, 1.165) is 12.2 Å². The molecule has 1 aromatic rings.